The van der Waals surface area contributed by atoms with E-state index in [1.165, 1.54) is 13.2 Å². The third kappa shape index (κ3) is 5.08. The molecule has 0 radical (unpaired) electrons. The Morgan fingerprint density at radius 1 is 1.22 bits per heavy atom. The lowest BCUT2D eigenvalue weighted by Gasteiger charge is -2.32. The number of hydrogen-bond donors (Lipinski definition) is 2. The van der Waals surface area contributed by atoms with Crippen LogP contribution in [-0.4, -0.2) is 75.2 Å². The Balaban J connectivity index is 1.59. The molecule has 11 nitrogen and oxygen atoms in total. The van der Waals surface area contributed by atoms with Crippen molar-refractivity contribution < 1.29 is 32.1 Å². The lowest BCUT2D eigenvalue weighted by atomic mass is 9.79. The number of benzene rings is 1. The van der Waals surface area contributed by atoms with E-state index in [0.29, 0.717) is 30.5 Å². The van der Waals surface area contributed by atoms with Crippen LogP contribution in [0.4, 0.5) is 10.5 Å². The summed E-state index contributed by atoms with van der Waals surface area (Å²) in [5.41, 5.74) is -0.179. The van der Waals surface area contributed by atoms with Gasteiger partial charge in [-0.05, 0) is 64.1 Å². The van der Waals surface area contributed by atoms with Crippen molar-refractivity contribution in [1.29, 1.82) is 0 Å². The minimum atomic E-state index is -4.06. The van der Waals surface area contributed by atoms with Crippen LogP contribution < -0.4 is 16.1 Å². The Bertz CT molecular complexity index is 1220. The van der Waals surface area contributed by atoms with Gasteiger partial charge in [0.05, 0.1) is 30.0 Å². The third-order valence-electron chi connectivity index (χ3n) is 7.53. The van der Waals surface area contributed by atoms with E-state index in [1.807, 2.05) is 41.5 Å². The number of nitrogens with zero attached hydrogens (tertiary/aromatic N) is 2. The number of amides is 2. The van der Waals surface area contributed by atoms with Gasteiger partial charge in [0.1, 0.15) is 16.8 Å². The SMILES string of the molecule is COC(=O)N[C@H](C(=O)N1CCC[C@H]1C1=NS(=O)(=O)c2cc(B3OC(C)(C)C(C)(C)O3)ccc2N1)C(C)C. The smallest absolute Gasteiger partial charge is 0.453 e. The highest BCUT2D eigenvalue weighted by Crippen LogP contribution is 2.37. The van der Waals surface area contributed by atoms with E-state index < -0.39 is 46.5 Å². The van der Waals surface area contributed by atoms with Gasteiger partial charge < -0.3 is 29.6 Å². The monoisotopic (exact) mass is 534 g/mol. The second-order valence-electron chi connectivity index (χ2n) is 11.0. The number of nitrogens with one attached hydrogen (secondary N) is 2. The molecule has 0 spiro atoms. The van der Waals surface area contributed by atoms with Crippen molar-refractivity contribution in [1.82, 2.24) is 10.2 Å². The largest absolute Gasteiger partial charge is 0.494 e. The minimum absolute atomic E-state index is 0.0201. The van der Waals surface area contributed by atoms with E-state index in [1.54, 1.807) is 17.0 Å². The van der Waals surface area contributed by atoms with Gasteiger partial charge in [0, 0.05) is 6.54 Å². The average molecular weight is 534 g/mol. The number of methoxy groups -OCH3 is 1. The van der Waals surface area contributed by atoms with Crippen LogP contribution in [0.1, 0.15) is 54.4 Å². The molecule has 2 atom stereocenters. The number of carbonyl (C=O) groups is 2. The quantitative estimate of drug-likeness (QED) is 0.547. The molecule has 1 aromatic rings. The summed E-state index contributed by atoms with van der Waals surface area (Å²) in [5.74, 6) is -0.332. The third-order valence-corrected chi connectivity index (χ3v) is 8.86. The minimum Gasteiger partial charge on any atom is -0.453 e. The molecule has 0 bridgehead atoms. The highest BCUT2D eigenvalue weighted by Gasteiger charge is 2.52. The molecule has 3 heterocycles. The molecule has 0 unspecified atom stereocenters. The number of fused-ring (bicyclic) bond motifs is 1. The van der Waals surface area contributed by atoms with Crippen molar-refractivity contribution in [3.63, 3.8) is 0 Å². The van der Waals surface area contributed by atoms with Crippen LogP contribution in [0.25, 0.3) is 0 Å². The summed E-state index contributed by atoms with van der Waals surface area (Å²) >= 11 is 0. The predicted octanol–water partition coefficient (Wildman–Crippen LogP) is 1.87. The lowest BCUT2D eigenvalue weighted by Crippen LogP contribution is -2.54. The first-order valence-electron chi connectivity index (χ1n) is 12.4. The Kier molecular flexibility index (Phi) is 7.10. The molecular formula is C24H35BN4O7S. The maximum Gasteiger partial charge on any atom is 0.494 e. The van der Waals surface area contributed by atoms with Gasteiger partial charge in [0.2, 0.25) is 5.91 Å². The van der Waals surface area contributed by atoms with Gasteiger partial charge >= 0.3 is 13.2 Å². The zero-order valence-corrected chi connectivity index (χ0v) is 23.1. The van der Waals surface area contributed by atoms with E-state index in [0.717, 1.165) is 0 Å². The van der Waals surface area contributed by atoms with E-state index in [-0.39, 0.29) is 22.6 Å². The van der Waals surface area contributed by atoms with E-state index in [9.17, 15) is 18.0 Å². The van der Waals surface area contributed by atoms with Crippen LogP contribution in [0.15, 0.2) is 27.5 Å². The molecule has 37 heavy (non-hydrogen) atoms. The molecule has 13 heteroatoms. The number of ether oxygens (including phenoxy) is 1. The summed E-state index contributed by atoms with van der Waals surface area (Å²) in [6.45, 7) is 11.8. The molecule has 3 aliphatic rings. The molecule has 0 aliphatic carbocycles. The second-order valence-corrected chi connectivity index (χ2v) is 12.5. The van der Waals surface area contributed by atoms with Gasteiger partial charge in [-0.2, -0.15) is 8.42 Å². The molecule has 2 saturated heterocycles. The fraction of sp³-hybridized carbons (Fsp3) is 0.625. The van der Waals surface area contributed by atoms with Gasteiger partial charge in [-0.25, -0.2) is 4.79 Å². The number of anilines is 1. The van der Waals surface area contributed by atoms with Crippen molar-refractivity contribution in [2.75, 3.05) is 19.0 Å². The van der Waals surface area contributed by atoms with Crippen molar-refractivity contribution >= 4 is 46.1 Å². The fourth-order valence-corrected chi connectivity index (χ4v) is 5.86. The molecule has 1 aromatic carbocycles. The van der Waals surface area contributed by atoms with Crippen molar-refractivity contribution in [3.05, 3.63) is 18.2 Å². The molecule has 2 amide bonds. The Morgan fingerprint density at radius 3 is 2.46 bits per heavy atom. The number of hydrogen-bond acceptors (Lipinski definition) is 8. The van der Waals surface area contributed by atoms with E-state index in [4.69, 9.17) is 9.31 Å². The fourth-order valence-electron chi connectivity index (χ4n) is 4.66. The number of carbonyl (C=O) groups excluding carboxylic acids is 2. The van der Waals surface area contributed by atoms with Crippen LogP contribution in [0.5, 0.6) is 0 Å². The number of amidine groups is 1. The molecule has 0 saturated carbocycles. The Hall–Kier alpha value is -2.64. The van der Waals surface area contributed by atoms with Crippen LogP contribution in [0, 0.1) is 5.92 Å². The first kappa shape index (κ1) is 27.4. The predicted molar refractivity (Wildman–Crippen MR) is 139 cm³/mol. The molecule has 3 aliphatic heterocycles. The zero-order chi connectivity index (χ0) is 27.3. The van der Waals surface area contributed by atoms with Crippen LogP contribution in [0.2, 0.25) is 0 Å². The first-order chi connectivity index (χ1) is 17.2. The maximum absolute atomic E-state index is 13.4. The van der Waals surface area contributed by atoms with E-state index in [2.05, 4.69) is 19.8 Å². The Morgan fingerprint density at radius 2 is 1.86 bits per heavy atom. The first-order valence-corrected chi connectivity index (χ1v) is 13.9. The summed E-state index contributed by atoms with van der Waals surface area (Å²) in [6.07, 6.45) is 0.510. The average Bonchev–Trinajstić information content (AvgIpc) is 3.38. The highest BCUT2D eigenvalue weighted by atomic mass is 32.2. The maximum atomic E-state index is 13.4. The van der Waals surface area contributed by atoms with Crippen molar-refractivity contribution in [2.24, 2.45) is 10.3 Å². The number of likely N-dealkylation sites (tertiary alicyclic amines) is 1. The highest BCUT2D eigenvalue weighted by molar-refractivity contribution is 7.90. The molecule has 202 valence electrons. The number of sulfonamides is 1. The second kappa shape index (κ2) is 9.59. The number of alkyl carbamates (subject to hydrolysis) is 1. The standard InChI is InChI=1S/C24H35BN4O7S/c1-14(2)19(27-22(31)34-7)21(30)29-12-8-9-17(29)20-26-16-11-10-15(13-18(16)37(32,33)28-20)25-35-23(3,4)24(5,6)36-25/h10-11,13-14,17,19H,8-9,12H2,1-7H3,(H,26,28)(H,27,31)/t17-,19-/m0/s1. The van der Waals surface area contributed by atoms with Gasteiger partial charge in [-0.3, -0.25) is 4.79 Å². The summed E-state index contributed by atoms with van der Waals surface area (Å²) in [4.78, 5) is 26.8. The van der Waals surface area contributed by atoms with Crippen LogP contribution >= 0.6 is 0 Å². The zero-order valence-electron chi connectivity index (χ0n) is 22.3. The molecule has 4 rings (SSSR count). The molecular weight excluding hydrogens is 499 g/mol. The molecule has 2 N–H and O–H groups in total. The van der Waals surface area contributed by atoms with Crippen molar-refractivity contribution in [2.45, 2.75) is 82.6 Å². The summed E-state index contributed by atoms with van der Waals surface area (Å²) < 4.78 is 47.4. The van der Waals surface area contributed by atoms with Crippen LogP contribution in [-0.2, 0) is 28.9 Å². The summed E-state index contributed by atoms with van der Waals surface area (Å²) in [5, 5.41) is 5.72. The van der Waals surface area contributed by atoms with Crippen molar-refractivity contribution in [3.8, 4) is 0 Å². The lowest BCUT2D eigenvalue weighted by molar-refractivity contribution is -0.134. The number of rotatable bonds is 5. The summed E-state index contributed by atoms with van der Waals surface area (Å²) in [6, 6.07) is 3.56. The normalized spacial score (nSPS) is 24.2. The molecule has 0 aromatic heterocycles. The van der Waals surface area contributed by atoms with Crippen LogP contribution in [0.3, 0.4) is 0 Å². The van der Waals surface area contributed by atoms with Gasteiger partial charge in [0.25, 0.3) is 10.0 Å². The van der Waals surface area contributed by atoms with Gasteiger partial charge in [0.15, 0.2) is 0 Å². The summed E-state index contributed by atoms with van der Waals surface area (Å²) in [7, 11) is -3.54. The van der Waals surface area contributed by atoms with Gasteiger partial charge in [-0.1, -0.05) is 19.9 Å². The van der Waals surface area contributed by atoms with E-state index >= 15 is 0 Å². The topological polar surface area (TPSA) is 136 Å². The Labute approximate surface area is 218 Å². The van der Waals surface area contributed by atoms with Gasteiger partial charge in [-0.15, -0.1) is 4.40 Å². The molecule has 2 fully saturated rings.